The Morgan fingerprint density at radius 3 is 2.79 bits per heavy atom. The molecular formula is C11H14N2O. The fraction of sp³-hybridized carbons (Fsp3) is 0.364. The second-order valence-corrected chi connectivity index (χ2v) is 3.09. The highest BCUT2D eigenvalue weighted by atomic mass is 16.1. The van der Waals surface area contributed by atoms with E-state index in [-0.39, 0.29) is 5.78 Å². The van der Waals surface area contributed by atoms with Gasteiger partial charge >= 0.3 is 0 Å². The molecule has 74 valence electrons. The van der Waals surface area contributed by atoms with Gasteiger partial charge in [0.05, 0.1) is 5.71 Å². The molecule has 1 aromatic heterocycles. The van der Waals surface area contributed by atoms with E-state index in [9.17, 15) is 4.79 Å². The van der Waals surface area contributed by atoms with Crippen LogP contribution in [-0.4, -0.2) is 23.0 Å². The van der Waals surface area contributed by atoms with E-state index in [0.717, 1.165) is 12.1 Å². The summed E-state index contributed by atoms with van der Waals surface area (Å²) in [6.07, 6.45) is 2.54. The maximum absolute atomic E-state index is 10.8. The van der Waals surface area contributed by atoms with Crippen molar-refractivity contribution in [3.63, 3.8) is 0 Å². The van der Waals surface area contributed by atoms with Gasteiger partial charge in [0, 0.05) is 31.8 Å². The lowest BCUT2D eigenvalue weighted by Crippen LogP contribution is -2.06. The molecule has 1 heterocycles. The van der Waals surface area contributed by atoms with Gasteiger partial charge in [-0.1, -0.05) is 6.07 Å². The van der Waals surface area contributed by atoms with Crippen LogP contribution in [0.25, 0.3) is 0 Å². The van der Waals surface area contributed by atoms with Crippen molar-refractivity contribution in [1.29, 1.82) is 0 Å². The smallest absolute Gasteiger partial charge is 0.173 e. The van der Waals surface area contributed by atoms with Crippen molar-refractivity contribution in [2.75, 3.05) is 6.54 Å². The third kappa shape index (κ3) is 3.47. The molecule has 0 aromatic carbocycles. The van der Waals surface area contributed by atoms with Crippen molar-refractivity contribution in [2.45, 2.75) is 20.3 Å². The number of rotatable bonds is 4. The van der Waals surface area contributed by atoms with E-state index in [2.05, 4.69) is 9.98 Å². The summed E-state index contributed by atoms with van der Waals surface area (Å²) in [6.45, 7) is 3.89. The van der Waals surface area contributed by atoms with Gasteiger partial charge in [-0.25, -0.2) is 0 Å². The largest absolute Gasteiger partial charge is 0.293 e. The van der Waals surface area contributed by atoms with E-state index < -0.39 is 0 Å². The monoisotopic (exact) mass is 190 g/mol. The second-order valence-electron chi connectivity index (χ2n) is 3.09. The van der Waals surface area contributed by atoms with Crippen molar-refractivity contribution in [3.8, 4) is 0 Å². The van der Waals surface area contributed by atoms with Crippen molar-refractivity contribution in [3.05, 3.63) is 30.1 Å². The lowest BCUT2D eigenvalue weighted by molar-refractivity contribution is -0.111. The Bertz CT molecular complexity index is 330. The average Bonchev–Trinajstić information content (AvgIpc) is 2.19. The lowest BCUT2D eigenvalue weighted by atomic mass is 10.2. The highest BCUT2D eigenvalue weighted by molar-refractivity contribution is 6.37. The Labute approximate surface area is 83.9 Å². The summed E-state index contributed by atoms with van der Waals surface area (Å²) in [6, 6.07) is 5.79. The molecule has 1 rings (SSSR count). The normalized spacial score (nSPS) is 11.4. The van der Waals surface area contributed by atoms with Crippen LogP contribution in [0.4, 0.5) is 0 Å². The van der Waals surface area contributed by atoms with E-state index in [1.165, 1.54) is 6.92 Å². The molecule has 14 heavy (non-hydrogen) atoms. The summed E-state index contributed by atoms with van der Waals surface area (Å²) >= 11 is 0. The summed E-state index contributed by atoms with van der Waals surface area (Å²) in [5, 5.41) is 0. The van der Waals surface area contributed by atoms with Crippen LogP contribution in [0.15, 0.2) is 29.4 Å². The number of ketones is 1. The molecule has 0 amide bonds. The second kappa shape index (κ2) is 5.27. The van der Waals surface area contributed by atoms with E-state index >= 15 is 0 Å². The van der Waals surface area contributed by atoms with E-state index in [4.69, 9.17) is 0 Å². The quantitative estimate of drug-likeness (QED) is 0.678. The number of Topliss-reactive ketones (excluding diaryl/α,β-unsaturated/α-hetero) is 1. The fourth-order valence-electron chi connectivity index (χ4n) is 0.995. The molecule has 0 unspecified atom stereocenters. The molecule has 0 fully saturated rings. The molecule has 1 aromatic rings. The van der Waals surface area contributed by atoms with Crippen molar-refractivity contribution >= 4 is 11.5 Å². The Kier molecular flexibility index (Phi) is 3.98. The van der Waals surface area contributed by atoms with Crippen LogP contribution in [0.3, 0.4) is 0 Å². The summed E-state index contributed by atoms with van der Waals surface area (Å²) in [4.78, 5) is 19.2. The number of carbonyl (C=O) groups is 1. The van der Waals surface area contributed by atoms with E-state index in [1.54, 1.807) is 13.1 Å². The molecule has 0 N–H and O–H groups in total. The number of pyridine rings is 1. The van der Waals surface area contributed by atoms with Crippen molar-refractivity contribution in [2.24, 2.45) is 4.99 Å². The molecule has 0 saturated carbocycles. The molecule has 0 bridgehead atoms. The van der Waals surface area contributed by atoms with Gasteiger partial charge in [-0.05, 0) is 19.1 Å². The van der Waals surface area contributed by atoms with Crippen molar-refractivity contribution in [1.82, 2.24) is 4.98 Å². The zero-order valence-electron chi connectivity index (χ0n) is 8.53. The zero-order chi connectivity index (χ0) is 10.4. The van der Waals surface area contributed by atoms with Crippen LogP contribution < -0.4 is 0 Å². The average molecular weight is 190 g/mol. The van der Waals surface area contributed by atoms with Crippen LogP contribution >= 0.6 is 0 Å². The van der Waals surface area contributed by atoms with Gasteiger partial charge in [-0.2, -0.15) is 0 Å². The first-order valence-electron chi connectivity index (χ1n) is 4.62. The maximum Gasteiger partial charge on any atom is 0.173 e. The number of aliphatic imine (C=N–C) groups is 1. The third-order valence-electron chi connectivity index (χ3n) is 1.95. The Morgan fingerprint density at radius 2 is 2.21 bits per heavy atom. The first-order chi connectivity index (χ1) is 6.70. The van der Waals surface area contributed by atoms with Gasteiger partial charge in [0.2, 0.25) is 0 Å². The van der Waals surface area contributed by atoms with Crippen molar-refractivity contribution < 1.29 is 4.79 Å². The molecule has 0 aliphatic rings. The number of aromatic nitrogens is 1. The first-order valence-corrected chi connectivity index (χ1v) is 4.62. The SMILES string of the molecule is CC(=O)C(C)=NCCc1ccccn1. The number of nitrogens with zero attached hydrogens (tertiary/aromatic N) is 2. The minimum Gasteiger partial charge on any atom is -0.293 e. The molecule has 3 heteroatoms. The summed E-state index contributed by atoms with van der Waals surface area (Å²) in [5.41, 5.74) is 1.59. The summed E-state index contributed by atoms with van der Waals surface area (Å²) in [7, 11) is 0. The van der Waals surface area contributed by atoms with E-state index in [1.807, 2.05) is 18.2 Å². The molecular weight excluding hydrogens is 176 g/mol. The molecule has 0 saturated heterocycles. The minimum atomic E-state index is 0.0334. The van der Waals surface area contributed by atoms with Gasteiger partial charge in [0.1, 0.15) is 0 Å². The molecule has 0 spiro atoms. The number of hydrogen-bond donors (Lipinski definition) is 0. The molecule has 0 aliphatic heterocycles. The molecule has 0 radical (unpaired) electrons. The van der Waals surface area contributed by atoms with Crippen LogP contribution in [0.2, 0.25) is 0 Å². The fourth-order valence-corrected chi connectivity index (χ4v) is 0.995. The number of carbonyl (C=O) groups excluding carboxylic acids is 1. The van der Waals surface area contributed by atoms with Gasteiger partial charge in [0.25, 0.3) is 0 Å². The first kappa shape index (κ1) is 10.6. The molecule has 0 atom stereocenters. The van der Waals surface area contributed by atoms with Gasteiger partial charge in [-0.15, -0.1) is 0 Å². The standard InChI is InChI=1S/C11H14N2O/c1-9(10(2)14)12-8-6-11-5-3-4-7-13-11/h3-5,7H,6,8H2,1-2H3. The summed E-state index contributed by atoms with van der Waals surface area (Å²) < 4.78 is 0. The Morgan fingerprint density at radius 1 is 1.43 bits per heavy atom. The third-order valence-corrected chi connectivity index (χ3v) is 1.95. The van der Waals surface area contributed by atoms with Gasteiger partial charge in [-0.3, -0.25) is 14.8 Å². The maximum atomic E-state index is 10.8. The Hall–Kier alpha value is -1.51. The molecule has 0 aliphatic carbocycles. The predicted octanol–water partition coefficient (Wildman–Crippen LogP) is 1.67. The highest BCUT2D eigenvalue weighted by Gasteiger charge is 1.97. The van der Waals surface area contributed by atoms with Crippen LogP contribution in [0.5, 0.6) is 0 Å². The van der Waals surface area contributed by atoms with Crippen LogP contribution in [0, 0.1) is 0 Å². The summed E-state index contributed by atoms with van der Waals surface area (Å²) in [5.74, 6) is 0.0334. The Balaban J connectivity index is 2.43. The van der Waals surface area contributed by atoms with Gasteiger partial charge < -0.3 is 0 Å². The highest BCUT2D eigenvalue weighted by Crippen LogP contribution is 1.95. The zero-order valence-corrected chi connectivity index (χ0v) is 8.53. The topological polar surface area (TPSA) is 42.3 Å². The predicted molar refractivity (Wildman–Crippen MR) is 56.6 cm³/mol. The van der Waals surface area contributed by atoms with E-state index in [0.29, 0.717) is 12.3 Å². The van der Waals surface area contributed by atoms with Gasteiger partial charge in [0.15, 0.2) is 5.78 Å². The van der Waals surface area contributed by atoms with Crippen LogP contribution in [0.1, 0.15) is 19.5 Å². The minimum absolute atomic E-state index is 0.0334. The number of hydrogen-bond acceptors (Lipinski definition) is 3. The lowest BCUT2D eigenvalue weighted by Gasteiger charge is -1.97. The van der Waals surface area contributed by atoms with Crippen LogP contribution in [-0.2, 0) is 11.2 Å². The molecule has 3 nitrogen and oxygen atoms in total.